The number of benzene rings is 1. The average Bonchev–Trinajstić information content (AvgIpc) is 2.54. The number of amides is 1. The highest BCUT2D eigenvalue weighted by Gasteiger charge is 2.34. The Hall–Kier alpha value is -1.63. The SMILES string of the molecule is O=C1CO[C@H]2CCN(Cc3ccc(OCCO)cc3)C[C@@H]2N1. The fourth-order valence-electron chi connectivity index (χ4n) is 3.02. The number of fused-ring (bicyclic) bond motifs is 1. The first-order chi connectivity index (χ1) is 10.7. The van der Waals surface area contributed by atoms with Crippen molar-refractivity contribution in [1.29, 1.82) is 0 Å². The Balaban J connectivity index is 1.53. The fourth-order valence-corrected chi connectivity index (χ4v) is 3.02. The molecule has 2 saturated heterocycles. The van der Waals surface area contributed by atoms with Gasteiger partial charge in [0.25, 0.3) is 0 Å². The van der Waals surface area contributed by atoms with Crippen molar-refractivity contribution < 1.29 is 19.4 Å². The predicted molar refractivity (Wildman–Crippen MR) is 80.6 cm³/mol. The summed E-state index contributed by atoms with van der Waals surface area (Å²) in [5.41, 5.74) is 1.21. The van der Waals surface area contributed by atoms with Crippen molar-refractivity contribution in [3.8, 4) is 5.75 Å². The number of morpholine rings is 1. The number of piperidine rings is 1. The lowest BCUT2D eigenvalue weighted by atomic mass is 10.00. The molecule has 1 aromatic rings. The third-order valence-electron chi connectivity index (χ3n) is 4.10. The lowest BCUT2D eigenvalue weighted by Gasteiger charge is -2.41. The molecule has 1 aromatic carbocycles. The molecular weight excluding hydrogens is 284 g/mol. The summed E-state index contributed by atoms with van der Waals surface area (Å²) in [5, 5.41) is 11.8. The van der Waals surface area contributed by atoms with Crippen molar-refractivity contribution >= 4 is 5.91 Å². The van der Waals surface area contributed by atoms with Crippen LogP contribution in [0.4, 0.5) is 0 Å². The molecular formula is C16H22N2O4. The van der Waals surface area contributed by atoms with Gasteiger partial charge in [-0.05, 0) is 24.1 Å². The summed E-state index contributed by atoms with van der Waals surface area (Å²) in [7, 11) is 0. The molecule has 0 spiro atoms. The minimum absolute atomic E-state index is 0.0197. The zero-order chi connectivity index (χ0) is 15.4. The molecule has 2 atom stereocenters. The molecule has 6 nitrogen and oxygen atoms in total. The highest BCUT2D eigenvalue weighted by molar-refractivity contribution is 5.78. The summed E-state index contributed by atoms with van der Waals surface area (Å²) in [6.45, 7) is 3.16. The van der Waals surface area contributed by atoms with Crippen LogP contribution in [0.25, 0.3) is 0 Å². The molecule has 0 unspecified atom stereocenters. The Bertz CT molecular complexity index is 505. The molecule has 0 radical (unpaired) electrons. The van der Waals surface area contributed by atoms with Gasteiger partial charge in [0.05, 0.1) is 18.8 Å². The number of rotatable bonds is 5. The van der Waals surface area contributed by atoms with E-state index in [-0.39, 0.29) is 31.3 Å². The molecule has 6 heteroatoms. The first-order valence-electron chi connectivity index (χ1n) is 7.70. The van der Waals surface area contributed by atoms with Gasteiger partial charge in [-0.1, -0.05) is 12.1 Å². The molecule has 3 rings (SSSR count). The standard InChI is InChI=1S/C16H22N2O4/c19-7-8-21-13-3-1-12(2-4-13)9-18-6-5-15-14(10-18)17-16(20)11-22-15/h1-4,14-15,19H,5-11H2,(H,17,20)/t14-,15-/m0/s1. The Morgan fingerprint density at radius 1 is 1.36 bits per heavy atom. The third-order valence-corrected chi connectivity index (χ3v) is 4.10. The van der Waals surface area contributed by atoms with E-state index >= 15 is 0 Å². The summed E-state index contributed by atoms with van der Waals surface area (Å²) in [6.07, 6.45) is 1.10. The van der Waals surface area contributed by atoms with E-state index in [0.29, 0.717) is 6.61 Å². The molecule has 22 heavy (non-hydrogen) atoms. The number of aliphatic hydroxyl groups excluding tert-OH is 1. The number of hydrogen-bond donors (Lipinski definition) is 2. The van der Waals surface area contributed by atoms with Gasteiger partial charge in [-0.3, -0.25) is 9.69 Å². The predicted octanol–water partition coefficient (Wildman–Crippen LogP) is 0.147. The fraction of sp³-hybridized carbons (Fsp3) is 0.562. The number of aliphatic hydroxyl groups is 1. The smallest absolute Gasteiger partial charge is 0.246 e. The number of ether oxygens (including phenoxy) is 2. The Kier molecular flexibility index (Phi) is 4.92. The van der Waals surface area contributed by atoms with E-state index in [9.17, 15) is 4.79 Å². The number of likely N-dealkylation sites (tertiary alicyclic amines) is 1. The van der Waals surface area contributed by atoms with E-state index in [1.54, 1.807) is 0 Å². The molecule has 2 aliphatic heterocycles. The number of carbonyl (C=O) groups excluding carboxylic acids is 1. The summed E-state index contributed by atoms with van der Waals surface area (Å²) >= 11 is 0. The molecule has 0 bridgehead atoms. The van der Waals surface area contributed by atoms with E-state index in [1.807, 2.05) is 24.3 Å². The quantitative estimate of drug-likeness (QED) is 0.810. The topological polar surface area (TPSA) is 71.0 Å². The maximum atomic E-state index is 11.4. The molecule has 0 aliphatic carbocycles. The van der Waals surface area contributed by atoms with Crippen molar-refractivity contribution in [2.75, 3.05) is 32.9 Å². The van der Waals surface area contributed by atoms with Gasteiger partial charge in [-0.2, -0.15) is 0 Å². The van der Waals surface area contributed by atoms with Crippen LogP contribution in [0, 0.1) is 0 Å². The van der Waals surface area contributed by atoms with Crippen LogP contribution in [0.15, 0.2) is 24.3 Å². The minimum Gasteiger partial charge on any atom is -0.491 e. The van der Waals surface area contributed by atoms with Gasteiger partial charge < -0.3 is 19.9 Å². The number of nitrogens with one attached hydrogen (secondary N) is 1. The molecule has 2 heterocycles. The van der Waals surface area contributed by atoms with Gasteiger partial charge in [0.2, 0.25) is 5.91 Å². The summed E-state index contributed by atoms with van der Waals surface area (Å²) in [5.74, 6) is 0.748. The van der Waals surface area contributed by atoms with E-state index < -0.39 is 0 Å². The van der Waals surface area contributed by atoms with Gasteiger partial charge in [0, 0.05) is 19.6 Å². The second-order valence-electron chi connectivity index (χ2n) is 5.76. The molecule has 1 amide bonds. The Labute approximate surface area is 130 Å². The van der Waals surface area contributed by atoms with E-state index in [4.69, 9.17) is 14.6 Å². The Morgan fingerprint density at radius 3 is 2.95 bits per heavy atom. The number of nitrogens with zero attached hydrogens (tertiary/aromatic N) is 1. The van der Waals surface area contributed by atoms with Gasteiger partial charge >= 0.3 is 0 Å². The lowest BCUT2D eigenvalue weighted by molar-refractivity contribution is -0.140. The molecule has 0 saturated carbocycles. The van der Waals surface area contributed by atoms with Crippen LogP contribution in [-0.2, 0) is 16.1 Å². The minimum atomic E-state index is -0.0199. The molecule has 2 aliphatic rings. The van der Waals surface area contributed by atoms with Gasteiger partial charge in [-0.25, -0.2) is 0 Å². The maximum Gasteiger partial charge on any atom is 0.246 e. The largest absolute Gasteiger partial charge is 0.491 e. The van der Waals surface area contributed by atoms with Crippen molar-refractivity contribution in [3.05, 3.63) is 29.8 Å². The van der Waals surface area contributed by atoms with Crippen LogP contribution in [-0.4, -0.2) is 61.0 Å². The van der Waals surface area contributed by atoms with Crippen molar-refractivity contribution in [1.82, 2.24) is 10.2 Å². The van der Waals surface area contributed by atoms with Gasteiger partial charge in [-0.15, -0.1) is 0 Å². The highest BCUT2D eigenvalue weighted by Crippen LogP contribution is 2.20. The van der Waals surface area contributed by atoms with Crippen LogP contribution in [0.1, 0.15) is 12.0 Å². The average molecular weight is 306 g/mol. The van der Waals surface area contributed by atoms with Crippen LogP contribution in [0.3, 0.4) is 0 Å². The first kappa shape index (κ1) is 15.3. The molecule has 120 valence electrons. The van der Waals surface area contributed by atoms with Gasteiger partial charge in [0.1, 0.15) is 19.0 Å². The van der Waals surface area contributed by atoms with Crippen molar-refractivity contribution in [3.63, 3.8) is 0 Å². The first-order valence-corrected chi connectivity index (χ1v) is 7.70. The van der Waals surface area contributed by atoms with Crippen LogP contribution in [0.5, 0.6) is 5.75 Å². The second-order valence-corrected chi connectivity index (χ2v) is 5.76. The lowest BCUT2D eigenvalue weighted by Crippen LogP contribution is -2.60. The number of hydrogen-bond acceptors (Lipinski definition) is 5. The Morgan fingerprint density at radius 2 is 2.18 bits per heavy atom. The van der Waals surface area contributed by atoms with Gasteiger partial charge in [0.15, 0.2) is 0 Å². The zero-order valence-electron chi connectivity index (χ0n) is 12.5. The molecule has 0 aromatic heterocycles. The third kappa shape index (κ3) is 3.76. The zero-order valence-corrected chi connectivity index (χ0v) is 12.5. The summed E-state index contributed by atoms with van der Waals surface area (Å²) in [6, 6.07) is 8.01. The highest BCUT2D eigenvalue weighted by atomic mass is 16.5. The van der Waals surface area contributed by atoms with Crippen LogP contribution < -0.4 is 10.1 Å². The molecule has 2 fully saturated rings. The van der Waals surface area contributed by atoms with Crippen molar-refractivity contribution in [2.24, 2.45) is 0 Å². The molecule has 2 N–H and O–H groups in total. The second kappa shape index (κ2) is 7.09. The summed E-state index contributed by atoms with van der Waals surface area (Å²) in [4.78, 5) is 13.8. The van der Waals surface area contributed by atoms with Crippen LogP contribution in [0.2, 0.25) is 0 Å². The van der Waals surface area contributed by atoms with E-state index in [1.165, 1.54) is 5.56 Å². The van der Waals surface area contributed by atoms with E-state index in [0.717, 1.165) is 31.8 Å². The van der Waals surface area contributed by atoms with E-state index in [2.05, 4.69) is 10.2 Å². The van der Waals surface area contributed by atoms with Crippen molar-refractivity contribution in [2.45, 2.75) is 25.1 Å². The van der Waals surface area contributed by atoms with Crippen LogP contribution >= 0.6 is 0 Å². The number of carbonyl (C=O) groups is 1. The normalized spacial score (nSPS) is 25.4. The maximum absolute atomic E-state index is 11.4. The summed E-state index contributed by atoms with van der Waals surface area (Å²) < 4.78 is 10.9. The monoisotopic (exact) mass is 306 g/mol.